The van der Waals surface area contributed by atoms with Crippen LogP contribution in [-0.2, 0) is 7.05 Å². The Hall–Kier alpha value is -1.35. The van der Waals surface area contributed by atoms with Crippen molar-refractivity contribution in [2.45, 2.75) is 15.3 Å². The minimum atomic E-state index is 0.530. The van der Waals surface area contributed by atoms with Crippen molar-refractivity contribution < 1.29 is 4.74 Å². The molecule has 0 aliphatic heterocycles. The van der Waals surface area contributed by atoms with E-state index in [0.29, 0.717) is 16.2 Å². The summed E-state index contributed by atoms with van der Waals surface area (Å²) in [5.74, 6) is 0.530. The highest BCUT2D eigenvalue weighted by Gasteiger charge is 2.09. The third-order valence-corrected chi connectivity index (χ3v) is 3.32. The van der Waals surface area contributed by atoms with Crippen molar-refractivity contribution in [3.63, 3.8) is 0 Å². The van der Waals surface area contributed by atoms with Gasteiger partial charge in [-0.3, -0.25) is 0 Å². The lowest BCUT2D eigenvalue weighted by Gasteiger charge is -2.04. The number of aryl methyl sites for hydroxylation is 1. The summed E-state index contributed by atoms with van der Waals surface area (Å²) >= 11 is 2.82. The molecule has 9 heteroatoms. The Morgan fingerprint density at radius 3 is 2.76 bits per heavy atom. The van der Waals surface area contributed by atoms with Crippen LogP contribution in [0, 0.1) is 0 Å². The largest absolute Gasteiger partial charge is 0.481 e. The van der Waals surface area contributed by atoms with Gasteiger partial charge in [-0.2, -0.15) is 4.98 Å². The van der Waals surface area contributed by atoms with Gasteiger partial charge in [0.25, 0.3) is 0 Å². The Labute approximate surface area is 106 Å². The van der Waals surface area contributed by atoms with Crippen molar-refractivity contribution in [3.8, 4) is 5.88 Å². The summed E-state index contributed by atoms with van der Waals surface area (Å²) in [5, 5.41) is 13.3. The first kappa shape index (κ1) is 12.1. The smallest absolute Gasteiger partial charge is 0.218 e. The average molecular weight is 270 g/mol. The maximum Gasteiger partial charge on any atom is 0.218 e. The van der Waals surface area contributed by atoms with Gasteiger partial charge in [0.15, 0.2) is 5.16 Å². The Kier molecular flexibility index (Phi) is 3.79. The van der Waals surface area contributed by atoms with Gasteiger partial charge < -0.3 is 4.74 Å². The van der Waals surface area contributed by atoms with E-state index in [1.165, 1.54) is 23.5 Å². The van der Waals surface area contributed by atoms with E-state index in [4.69, 9.17) is 4.74 Å². The van der Waals surface area contributed by atoms with Crippen molar-refractivity contribution >= 4 is 23.5 Å². The molecule has 0 unspecified atom stereocenters. The standard InChI is InChI=1S/C8H10N6OS2/c1-14-8(11-12-13-14)17-6-4-5(15-2)9-7(10-6)16-3/h4H,1-3H3. The fourth-order valence-corrected chi connectivity index (χ4v) is 2.19. The lowest BCUT2D eigenvalue weighted by atomic mass is 10.6. The molecule has 2 aromatic heterocycles. The minimum Gasteiger partial charge on any atom is -0.481 e. The topological polar surface area (TPSA) is 78.6 Å². The molecule has 0 aliphatic carbocycles. The van der Waals surface area contributed by atoms with Crippen molar-refractivity contribution in [1.29, 1.82) is 0 Å². The van der Waals surface area contributed by atoms with Gasteiger partial charge in [-0.1, -0.05) is 11.8 Å². The summed E-state index contributed by atoms with van der Waals surface area (Å²) < 4.78 is 6.69. The average Bonchev–Trinajstić information content (AvgIpc) is 2.74. The second kappa shape index (κ2) is 5.32. The molecule has 0 aromatic carbocycles. The van der Waals surface area contributed by atoms with E-state index in [1.54, 1.807) is 24.9 Å². The summed E-state index contributed by atoms with van der Waals surface area (Å²) in [4.78, 5) is 8.52. The zero-order valence-electron chi connectivity index (χ0n) is 9.49. The van der Waals surface area contributed by atoms with Gasteiger partial charge in [-0.05, 0) is 28.4 Å². The van der Waals surface area contributed by atoms with Crippen molar-refractivity contribution in [2.24, 2.45) is 7.05 Å². The van der Waals surface area contributed by atoms with E-state index in [2.05, 4.69) is 25.5 Å². The molecule has 0 spiro atoms. The van der Waals surface area contributed by atoms with Gasteiger partial charge in [0, 0.05) is 13.1 Å². The van der Waals surface area contributed by atoms with Crippen LogP contribution in [0.2, 0.25) is 0 Å². The Morgan fingerprint density at radius 1 is 1.35 bits per heavy atom. The van der Waals surface area contributed by atoms with Crippen molar-refractivity contribution in [2.75, 3.05) is 13.4 Å². The van der Waals surface area contributed by atoms with E-state index >= 15 is 0 Å². The van der Waals surface area contributed by atoms with Crippen molar-refractivity contribution in [3.05, 3.63) is 6.07 Å². The summed E-state index contributed by atoms with van der Waals surface area (Å²) in [5.41, 5.74) is 0. The minimum absolute atomic E-state index is 0.530. The van der Waals surface area contributed by atoms with Crippen LogP contribution in [-0.4, -0.2) is 43.5 Å². The molecule has 0 saturated heterocycles. The van der Waals surface area contributed by atoms with Gasteiger partial charge >= 0.3 is 0 Å². The van der Waals surface area contributed by atoms with Gasteiger partial charge in [0.05, 0.1) is 7.11 Å². The molecule has 0 atom stereocenters. The zero-order valence-corrected chi connectivity index (χ0v) is 11.1. The molecule has 2 aromatic rings. The molecule has 0 fully saturated rings. The maximum absolute atomic E-state index is 5.11. The Balaban J connectivity index is 2.29. The van der Waals surface area contributed by atoms with Crippen LogP contribution >= 0.6 is 23.5 Å². The SMILES string of the molecule is COc1cc(Sc2nnnn2C)nc(SC)n1. The van der Waals surface area contributed by atoms with Crippen LogP contribution in [0.25, 0.3) is 0 Å². The molecular formula is C8H10N6OS2. The lowest BCUT2D eigenvalue weighted by Crippen LogP contribution is -1.96. The van der Waals surface area contributed by atoms with Crippen LogP contribution in [0.5, 0.6) is 5.88 Å². The number of rotatable bonds is 4. The Morgan fingerprint density at radius 2 is 2.18 bits per heavy atom. The number of ether oxygens (including phenoxy) is 1. The molecule has 0 saturated carbocycles. The van der Waals surface area contributed by atoms with Crippen LogP contribution in [0.3, 0.4) is 0 Å². The van der Waals surface area contributed by atoms with Crippen molar-refractivity contribution in [1.82, 2.24) is 30.2 Å². The zero-order chi connectivity index (χ0) is 12.3. The summed E-state index contributed by atoms with van der Waals surface area (Å²) in [7, 11) is 3.35. The Bertz CT molecular complexity index is 494. The molecule has 90 valence electrons. The van der Waals surface area contributed by atoms with E-state index in [1.807, 2.05) is 6.26 Å². The molecule has 7 nitrogen and oxygen atoms in total. The second-order valence-electron chi connectivity index (χ2n) is 2.92. The highest BCUT2D eigenvalue weighted by molar-refractivity contribution is 7.99. The molecule has 0 amide bonds. The summed E-state index contributed by atoms with van der Waals surface area (Å²) in [6, 6.07) is 1.75. The first-order valence-corrected chi connectivity index (χ1v) is 6.64. The molecule has 2 heterocycles. The normalized spacial score (nSPS) is 10.5. The molecule has 17 heavy (non-hydrogen) atoms. The van der Waals surface area contributed by atoms with Gasteiger partial charge in [0.2, 0.25) is 11.0 Å². The number of methoxy groups -OCH3 is 1. The van der Waals surface area contributed by atoms with E-state index in [-0.39, 0.29) is 0 Å². The fourth-order valence-electron chi connectivity index (χ4n) is 1.03. The number of tetrazole rings is 1. The third kappa shape index (κ3) is 2.86. The van der Waals surface area contributed by atoms with Gasteiger partial charge in [0.1, 0.15) is 5.03 Å². The molecule has 0 N–H and O–H groups in total. The van der Waals surface area contributed by atoms with Crippen LogP contribution in [0.15, 0.2) is 21.4 Å². The number of nitrogens with zero attached hydrogens (tertiary/aromatic N) is 6. The first-order chi connectivity index (χ1) is 8.22. The fraction of sp³-hybridized carbons (Fsp3) is 0.375. The third-order valence-electron chi connectivity index (χ3n) is 1.83. The lowest BCUT2D eigenvalue weighted by molar-refractivity contribution is 0.390. The van der Waals surface area contributed by atoms with Gasteiger partial charge in [-0.25, -0.2) is 9.67 Å². The van der Waals surface area contributed by atoms with E-state index < -0.39 is 0 Å². The number of hydrogen-bond donors (Lipinski definition) is 0. The predicted octanol–water partition coefficient (Wildman–Crippen LogP) is 0.882. The predicted molar refractivity (Wildman–Crippen MR) is 63.3 cm³/mol. The van der Waals surface area contributed by atoms with Crippen LogP contribution in [0.4, 0.5) is 0 Å². The monoisotopic (exact) mass is 270 g/mol. The van der Waals surface area contributed by atoms with Gasteiger partial charge in [-0.15, -0.1) is 5.10 Å². The van der Waals surface area contributed by atoms with Crippen LogP contribution < -0.4 is 4.74 Å². The number of aromatic nitrogens is 6. The quantitative estimate of drug-likeness (QED) is 0.460. The highest BCUT2D eigenvalue weighted by atomic mass is 32.2. The molecule has 2 rings (SSSR count). The molecular weight excluding hydrogens is 260 g/mol. The summed E-state index contributed by atoms with van der Waals surface area (Å²) in [6.45, 7) is 0. The number of thioether (sulfide) groups is 1. The van der Waals surface area contributed by atoms with E-state index in [9.17, 15) is 0 Å². The molecule has 0 aliphatic rings. The first-order valence-electron chi connectivity index (χ1n) is 4.60. The van der Waals surface area contributed by atoms with E-state index in [0.717, 1.165) is 5.03 Å². The molecule has 0 radical (unpaired) electrons. The second-order valence-corrected chi connectivity index (χ2v) is 4.68. The summed E-state index contributed by atoms with van der Waals surface area (Å²) in [6.07, 6.45) is 1.91. The van der Waals surface area contributed by atoms with Crippen LogP contribution in [0.1, 0.15) is 0 Å². The number of hydrogen-bond acceptors (Lipinski definition) is 8. The molecule has 0 bridgehead atoms. The maximum atomic E-state index is 5.11. The highest BCUT2D eigenvalue weighted by Crippen LogP contribution is 2.27.